The van der Waals surface area contributed by atoms with Gasteiger partial charge in [-0.05, 0) is 18.8 Å². The smallest absolute Gasteiger partial charge is 0.226 e. The van der Waals surface area contributed by atoms with Gasteiger partial charge in [0.2, 0.25) is 11.0 Å². The molecule has 1 aliphatic heterocycles. The van der Waals surface area contributed by atoms with Crippen LogP contribution in [-0.4, -0.2) is 36.0 Å². The fourth-order valence-electron chi connectivity index (χ4n) is 2.20. The molecule has 0 saturated carbocycles. The summed E-state index contributed by atoms with van der Waals surface area (Å²) < 4.78 is 22.7. The molecular formula is C12H19N3O3S2. The van der Waals surface area contributed by atoms with Gasteiger partial charge in [0, 0.05) is 12.8 Å². The summed E-state index contributed by atoms with van der Waals surface area (Å²) in [5.74, 6) is 0.0845. The third-order valence-corrected chi connectivity index (χ3v) is 5.99. The molecule has 112 valence electrons. The fraction of sp³-hybridized carbons (Fsp3) is 0.750. The largest absolute Gasteiger partial charge is 0.301 e. The van der Waals surface area contributed by atoms with E-state index in [0.29, 0.717) is 11.6 Å². The number of amides is 1. The monoisotopic (exact) mass is 317 g/mol. The van der Waals surface area contributed by atoms with E-state index >= 15 is 0 Å². The average molecular weight is 317 g/mol. The first-order valence-corrected chi connectivity index (χ1v) is 9.45. The molecule has 1 unspecified atom stereocenters. The van der Waals surface area contributed by atoms with Crippen molar-refractivity contribution in [2.45, 2.75) is 39.0 Å². The van der Waals surface area contributed by atoms with Crippen molar-refractivity contribution in [1.29, 1.82) is 0 Å². The van der Waals surface area contributed by atoms with Crippen molar-refractivity contribution in [3.05, 3.63) is 5.01 Å². The second kappa shape index (κ2) is 6.62. The Kier molecular flexibility index (Phi) is 5.09. The molecule has 1 N–H and O–H groups in total. The second-order valence-electron chi connectivity index (χ2n) is 5.13. The number of rotatable bonds is 6. The first kappa shape index (κ1) is 15.4. The second-order valence-corrected chi connectivity index (χ2v) is 8.42. The number of nitrogens with one attached hydrogen (secondary N) is 1. The maximum atomic E-state index is 11.8. The molecule has 20 heavy (non-hydrogen) atoms. The van der Waals surface area contributed by atoms with E-state index in [-0.39, 0.29) is 29.8 Å². The summed E-state index contributed by atoms with van der Waals surface area (Å²) in [5, 5.41) is 12.1. The minimum absolute atomic E-state index is 0.0625. The highest BCUT2D eigenvalue weighted by Crippen LogP contribution is 2.23. The normalized spacial score (nSPS) is 20.9. The number of carbonyl (C=O) groups is 1. The Balaban J connectivity index is 1.81. The molecular weight excluding hydrogens is 298 g/mol. The van der Waals surface area contributed by atoms with Crippen LogP contribution in [0.1, 0.15) is 37.6 Å². The zero-order valence-electron chi connectivity index (χ0n) is 11.5. The molecule has 6 nitrogen and oxygen atoms in total. The third kappa shape index (κ3) is 4.52. The Morgan fingerprint density at radius 3 is 2.90 bits per heavy atom. The van der Waals surface area contributed by atoms with Crippen LogP contribution in [0.5, 0.6) is 0 Å². The SMILES string of the molecule is CCCCc1nnc(NC(=O)CC2CCS(=O)(=O)C2)s1. The number of hydrogen-bond acceptors (Lipinski definition) is 6. The zero-order chi connectivity index (χ0) is 14.6. The highest BCUT2D eigenvalue weighted by molar-refractivity contribution is 7.91. The summed E-state index contributed by atoms with van der Waals surface area (Å²) in [4.78, 5) is 11.8. The minimum atomic E-state index is -2.93. The Labute approximate surface area is 122 Å². The van der Waals surface area contributed by atoms with Gasteiger partial charge in [0.05, 0.1) is 11.5 Å². The van der Waals surface area contributed by atoms with Crippen LogP contribution in [0, 0.1) is 5.92 Å². The topological polar surface area (TPSA) is 89.0 Å². The van der Waals surface area contributed by atoms with Gasteiger partial charge in [-0.3, -0.25) is 4.79 Å². The first-order valence-electron chi connectivity index (χ1n) is 6.81. The summed E-state index contributed by atoms with van der Waals surface area (Å²) in [6, 6.07) is 0. The third-order valence-electron chi connectivity index (χ3n) is 3.26. The molecule has 1 aromatic rings. The van der Waals surface area contributed by atoms with E-state index in [4.69, 9.17) is 0 Å². The summed E-state index contributed by atoms with van der Waals surface area (Å²) in [5.41, 5.74) is 0. The standard InChI is InChI=1S/C12H19N3O3S2/c1-2-3-4-11-14-15-12(19-11)13-10(16)7-9-5-6-20(17,18)8-9/h9H,2-8H2,1H3,(H,13,15,16). The van der Waals surface area contributed by atoms with Gasteiger partial charge in [0.25, 0.3) is 0 Å². The molecule has 1 saturated heterocycles. The number of hydrogen-bond donors (Lipinski definition) is 1. The van der Waals surface area contributed by atoms with Crippen molar-refractivity contribution >= 4 is 32.2 Å². The van der Waals surface area contributed by atoms with Crippen LogP contribution in [0.4, 0.5) is 5.13 Å². The predicted molar refractivity (Wildman–Crippen MR) is 78.5 cm³/mol. The van der Waals surface area contributed by atoms with Crippen LogP contribution in [0.15, 0.2) is 0 Å². The summed E-state index contributed by atoms with van der Waals surface area (Å²) in [6.45, 7) is 2.11. The van der Waals surface area contributed by atoms with E-state index in [9.17, 15) is 13.2 Å². The molecule has 2 heterocycles. The quantitative estimate of drug-likeness (QED) is 0.861. The summed E-state index contributed by atoms with van der Waals surface area (Å²) >= 11 is 1.39. The number of anilines is 1. The van der Waals surface area contributed by atoms with Crippen molar-refractivity contribution in [2.75, 3.05) is 16.8 Å². The van der Waals surface area contributed by atoms with Crippen LogP contribution in [0.2, 0.25) is 0 Å². The van der Waals surface area contributed by atoms with Gasteiger partial charge in [0.15, 0.2) is 9.84 Å². The predicted octanol–water partition coefficient (Wildman–Crippen LogP) is 1.64. The van der Waals surface area contributed by atoms with Gasteiger partial charge in [-0.1, -0.05) is 24.7 Å². The van der Waals surface area contributed by atoms with Gasteiger partial charge in [-0.15, -0.1) is 10.2 Å². The van der Waals surface area contributed by atoms with Crippen LogP contribution >= 0.6 is 11.3 Å². The lowest BCUT2D eigenvalue weighted by molar-refractivity contribution is -0.116. The zero-order valence-corrected chi connectivity index (χ0v) is 13.1. The molecule has 1 fully saturated rings. The van der Waals surface area contributed by atoms with Crippen molar-refractivity contribution in [3.63, 3.8) is 0 Å². The lowest BCUT2D eigenvalue weighted by Gasteiger charge is -2.05. The molecule has 0 radical (unpaired) electrons. The number of unbranched alkanes of at least 4 members (excludes halogenated alkanes) is 1. The van der Waals surface area contributed by atoms with Gasteiger partial charge in [-0.2, -0.15) is 0 Å². The Morgan fingerprint density at radius 1 is 1.45 bits per heavy atom. The molecule has 0 aliphatic carbocycles. The molecule has 1 aromatic heterocycles. The van der Waals surface area contributed by atoms with E-state index in [1.165, 1.54) is 11.3 Å². The van der Waals surface area contributed by atoms with Crippen molar-refractivity contribution in [3.8, 4) is 0 Å². The Hall–Kier alpha value is -1.02. The van der Waals surface area contributed by atoms with Crippen LogP contribution in [0.25, 0.3) is 0 Å². The maximum absolute atomic E-state index is 11.8. The lowest BCUT2D eigenvalue weighted by atomic mass is 10.1. The van der Waals surface area contributed by atoms with E-state index in [0.717, 1.165) is 24.3 Å². The van der Waals surface area contributed by atoms with E-state index in [1.807, 2.05) is 0 Å². The van der Waals surface area contributed by atoms with Gasteiger partial charge in [0.1, 0.15) is 5.01 Å². The van der Waals surface area contributed by atoms with Gasteiger partial charge < -0.3 is 5.32 Å². The first-order chi connectivity index (χ1) is 9.48. The van der Waals surface area contributed by atoms with Gasteiger partial charge in [-0.25, -0.2) is 8.42 Å². The van der Waals surface area contributed by atoms with Crippen molar-refractivity contribution in [2.24, 2.45) is 5.92 Å². The maximum Gasteiger partial charge on any atom is 0.226 e. The molecule has 2 rings (SSSR count). The summed E-state index contributed by atoms with van der Waals surface area (Å²) in [7, 11) is -2.93. The van der Waals surface area contributed by atoms with Gasteiger partial charge >= 0.3 is 0 Å². The Morgan fingerprint density at radius 2 is 2.25 bits per heavy atom. The van der Waals surface area contributed by atoms with E-state index in [1.54, 1.807) is 0 Å². The number of carbonyl (C=O) groups excluding carboxylic acids is 1. The highest BCUT2D eigenvalue weighted by atomic mass is 32.2. The van der Waals surface area contributed by atoms with Crippen molar-refractivity contribution < 1.29 is 13.2 Å². The highest BCUT2D eigenvalue weighted by Gasteiger charge is 2.29. The molecule has 0 spiro atoms. The lowest BCUT2D eigenvalue weighted by Crippen LogP contribution is -2.17. The summed E-state index contributed by atoms with van der Waals surface area (Å²) in [6.07, 6.45) is 3.85. The Bertz CT molecular complexity index is 568. The fourth-order valence-corrected chi connectivity index (χ4v) is 4.86. The molecule has 0 bridgehead atoms. The number of sulfone groups is 1. The van der Waals surface area contributed by atoms with Crippen LogP contribution in [0.3, 0.4) is 0 Å². The average Bonchev–Trinajstić information content (AvgIpc) is 2.93. The molecule has 8 heteroatoms. The molecule has 1 atom stereocenters. The van der Waals surface area contributed by atoms with Crippen LogP contribution < -0.4 is 5.32 Å². The van der Waals surface area contributed by atoms with Crippen LogP contribution in [-0.2, 0) is 21.1 Å². The van der Waals surface area contributed by atoms with E-state index < -0.39 is 9.84 Å². The number of aryl methyl sites for hydroxylation is 1. The molecule has 0 aromatic carbocycles. The van der Waals surface area contributed by atoms with E-state index in [2.05, 4.69) is 22.4 Å². The number of nitrogens with zero attached hydrogens (tertiary/aromatic N) is 2. The minimum Gasteiger partial charge on any atom is -0.301 e. The molecule has 1 amide bonds. The number of aromatic nitrogens is 2. The molecule has 1 aliphatic rings. The van der Waals surface area contributed by atoms with Crippen molar-refractivity contribution in [1.82, 2.24) is 10.2 Å².